The Morgan fingerprint density at radius 2 is 1.93 bits per heavy atom. The Kier molecular flexibility index (Phi) is 4.89. The summed E-state index contributed by atoms with van der Waals surface area (Å²) in [4.78, 5) is 24.9. The number of hydrogen-bond donors (Lipinski definition) is 1. The van der Waals surface area contributed by atoms with Crippen molar-refractivity contribution in [1.82, 2.24) is 15.3 Å². The lowest BCUT2D eigenvalue weighted by molar-refractivity contribution is 0.0972. The number of hydrogen-bond acceptors (Lipinski definition) is 4. The zero-order valence-corrected chi connectivity index (χ0v) is 17.0. The molecule has 2 aromatic heterocycles. The molecule has 1 aliphatic rings. The predicted molar refractivity (Wildman–Crippen MR) is 121 cm³/mol. The van der Waals surface area contributed by atoms with Crippen molar-refractivity contribution in [2.75, 3.05) is 18.0 Å². The third-order valence-corrected chi connectivity index (χ3v) is 5.92. The molecule has 150 valence electrons. The minimum atomic E-state index is -0.0282. The number of piperidine rings is 1. The van der Waals surface area contributed by atoms with Crippen LogP contribution in [0.4, 0.5) is 5.82 Å². The third-order valence-electron chi connectivity index (χ3n) is 5.92. The van der Waals surface area contributed by atoms with Gasteiger partial charge in [-0.25, -0.2) is 4.98 Å². The first kappa shape index (κ1) is 18.7. The lowest BCUT2D eigenvalue weighted by atomic mass is 10.0. The molecule has 0 spiro atoms. The van der Waals surface area contributed by atoms with Crippen molar-refractivity contribution in [2.45, 2.75) is 25.8 Å². The average Bonchev–Trinajstić information content (AvgIpc) is 2.80. The van der Waals surface area contributed by atoms with E-state index < -0.39 is 0 Å². The summed E-state index contributed by atoms with van der Waals surface area (Å²) in [5, 5.41) is 6.62. The number of amides is 1. The normalized spacial score (nSPS) is 16.6. The molecule has 1 atom stereocenters. The SMILES string of the molecule is Cc1cccc2ccnc(N(C(=O)c3ccc4cccnc4c3)C3CCCNC3)c12. The van der Waals surface area contributed by atoms with Crippen LogP contribution in [0.1, 0.15) is 28.8 Å². The molecular formula is C25H24N4O. The van der Waals surface area contributed by atoms with Gasteiger partial charge in [0.05, 0.1) is 11.6 Å². The highest BCUT2D eigenvalue weighted by molar-refractivity contribution is 6.11. The zero-order valence-electron chi connectivity index (χ0n) is 17.0. The summed E-state index contributed by atoms with van der Waals surface area (Å²) >= 11 is 0. The number of aromatic nitrogens is 2. The number of carbonyl (C=O) groups excluding carboxylic acids is 1. The number of pyridine rings is 2. The largest absolute Gasteiger partial charge is 0.315 e. The first-order valence-corrected chi connectivity index (χ1v) is 10.5. The topological polar surface area (TPSA) is 58.1 Å². The second-order valence-corrected chi connectivity index (χ2v) is 7.89. The van der Waals surface area contributed by atoms with Crippen LogP contribution in [-0.2, 0) is 0 Å². The van der Waals surface area contributed by atoms with Gasteiger partial charge in [-0.1, -0.05) is 30.3 Å². The second kappa shape index (κ2) is 7.84. The van der Waals surface area contributed by atoms with Crippen LogP contribution in [0.5, 0.6) is 0 Å². The van der Waals surface area contributed by atoms with Gasteiger partial charge < -0.3 is 5.32 Å². The Morgan fingerprint density at radius 3 is 2.80 bits per heavy atom. The van der Waals surface area contributed by atoms with Gasteiger partial charge in [0, 0.05) is 35.3 Å². The summed E-state index contributed by atoms with van der Waals surface area (Å²) in [7, 11) is 0. The molecular weight excluding hydrogens is 372 g/mol. The van der Waals surface area contributed by atoms with Crippen molar-refractivity contribution in [3.05, 3.63) is 78.1 Å². The van der Waals surface area contributed by atoms with Gasteiger partial charge >= 0.3 is 0 Å². The smallest absolute Gasteiger partial charge is 0.259 e. The van der Waals surface area contributed by atoms with E-state index in [0.29, 0.717) is 5.56 Å². The minimum Gasteiger partial charge on any atom is -0.315 e. The number of aryl methyl sites for hydroxylation is 1. The lowest BCUT2D eigenvalue weighted by Crippen LogP contribution is -2.49. The highest BCUT2D eigenvalue weighted by atomic mass is 16.2. The minimum absolute atomic E-state index is 0.0282. The van der Waals surface area contributed by atoms with Gasteiger partial charge in [-0.3, -0.25) is 14.7 Å². The number of benzene rings is 2. The highest BCUT2D eigenvalue weighted by Crippen LogP contribution is 2.31. The van der Waals surface area contributed by atoms with Crippen molar-refractivity contribution in [2.24, 2.45) is 0 Å². The van der Waals surface area contributed by atoms with Gasteiger partial charge in [0.1, 0.15) is 5.82 Å². The van der Waals surface area contributed by atoms with E-state index in [1.54, 1.807) is 12.4 Å². The van der Waals surface area contributed by atoms with Crippen LogP contribution in [0.25, 0.3) is 21.7 Å². The van der Waals surface area contributed by atoms with E-state index in [2.05, 4.69) is 29.4 Å². The van der Waals surface area contributed by atoms with Crippen molar-refractivity contribution in [3.8, 4) is 0 Å². The van der Waals surface area contributed by atoms with E-state index in [1.165, 1.54) is 0 Å². The number of nitrogens with zero attached hydrogens (tertiary/aromatic N) is 3. The molecule has 1 amide bonds. The molecule has 5 heteroatoms. The molecule has 0 aliphatic carbocycles. The maximum Gasteiger partial charge on any atom is 0.259 e. The van der Waals surface area contributed by atoms with Crippen LogP contribution >= 0.6 is 0 Å². The van der Waals surface area contributed by atoms with Crippen molar-refractivity contribution in [1.29, 1.82) is 0 Å². The molecule has 0 saturated carbocycles. The fourth-order valence-corrected chi connectivity index (χ4v) is 4.40. The molecule has 3 heterocycles. The van der Waals surface area contributed by atoms with Crippen LogP contribution < -0.4 is 10.2 Å². The molecule has 5 nitrogen and oxygen atoms in total. The summed E-state index contributed by atoms with van der Waals surface area (Å²) < 4.78 is 0. The fraction of sp³-hybridized carbons (Fsp3) is 0.240. The molecule has 1 fully saturated rings. The molecule has 1 N–H and O–H groups in total. The van der Waals surface area contributed by atoms with E-state index in [4.69, 9.17) is 4.98 Å². The van der Waals surface area contributed by atoms with Crippen LogP contribution in [0, 0.1) is 6.92 Å². The quantitative estimate of drug-likeness (QED) is 0.554. The van der Waals surface area contributed by atoms with Crippen molar-refractivity contribution in [3.63, 3.8) is 0 Å². The Labute approximate surface area is 175 Å². The van der Waals surface area contributed by atoms with E-state index >= 15 is 0 Å². The molecule has 0 bridgehead atoms. The van der Waals surface area contributed by atoms with E-state index in [1.807, 2.05) is 47.4 Å². The van der Waals surface area contributed by atoms with Gasteiger partial charge in [-0.15, -0.1) is 0 Å². The predicted octanol–water partition coefficient (Wildman–Crippen LogP) is 4.49. The average molecular weight is 396 g/mol. The molecule has 1 saturated heterocycles. The van der Waals surface area contributed by atoms with E-state index in [9.17, 15) is 4.79 Å². The van der Waals surface area contributed by atoms with Gasteiger partial charge in [0.25, 0.3) is 5.91 Å². The van der Waals surface area contributed by atoms with Crippen LogP contribution in [0.15, 0.2) is 67.0 Å². The highest BCUT2D eigenvalue weighted by Gasteiger charge is 2.30. The first-order valence-electron chi connectivity index (χ1n) is 10.5. The van der Waals surface area contributed by atoms with Gasteiger partial charge in [-0.05, 0) is 61.5 Å². The maximum atomic E-state index is 13.9. The second-order valence-electron chi connectivity index (χ2n) is 7.89. The number of anilines is 1. The Balaban J connectivity index is 1.66. The van der Waals surface area contributed by atoms with E-state index in [0.717, 1.165) is 59.0 Å². The summed E-state index contributed by atoms with van der Waals surface area (Å²) in [5.74, 6) is 0.713. The Morgan fingerprint density at radius 1 is 1.03 bits per heavy atom. The monoisotopic (exact) mass is 396 g/mol. The lowest BCUT2D eigenvalue weighted by Gasteiger charge is -2.35. The number of nitrogens with one attached hydrogen (secondary N) is 1. The third kappa shape index (κ3) is 3.31. The molecule has 1 unspecified atom stereocenters. The molecule has 2 aromatic carbocycles. The van der Waals surface area contributed by atoms with Crippen LogP contribution in [0.3, 0.4) is 0 Å². The molecule has 5 rings (SSSR count). The summed E-state index contributed by atoms with van der Waals surface area (Å²) in [6, 6.07) is 17.9. The molecule has 4 aromatic rings. The molecule has 30 heavy (non-hydrogen) atoms. The van der Waals surface area contributed by atoms with Gasteiger partial charge in [0.15, 0.2) is 0 Å². The number of fused-ring (bicyclic) bond motifs is 2. The standard InChI is InChI=1S/C25H24N4O/c1-17-5-2-6-19-11-14-28-24(23(17)19)29(21-8-4-12-26-16-21)25(30)20-10-9-18-7-3-13-27-22(18)15-20/h2-3,5-7,9-11,13-15,21,26H,4,8,12,16H2,1H3. The van der Waals surface area contributed by atoms with Crippen LogP contribution in [0.2, 0.25) is 0 Å². The summed E-state index contributed by atoms with van der Waals surface area (Å²) in [6.07, 6.45) is 5.55. The fourth-order valence-electron chi connectivity index (χ4n) is 4.40. The zero-order chi connectivity index (χ0) is 20.5. The van der Waals surface area contributed by atoms with E-state index in [-0.39, 0.29) is 11.9 Å². The van der Waals surface area contributed by atoms with Crippen molar-refractivity contribution >= 4 is 33.4 Å². The van der Waals surface area contributed by atoms with Gasteiger partial charge in [0.2, 0.25) is 0 Å². The Hall–Kier alpha value is -3.31. The maximum absolute atomic E-state index is 13.9. The number of carbonyl (C=O) groups is 1. The van der Waals surface area contributed by atoms with Crippen LogP contribution in [-0.4, -0.2) is 35.0 Å². The Bertz CT molecular complexity index is 1220. The summed E-state index contributed by atoms with van der Waals surface area (Å²) in [6.45, 7) is 3.83. The van der Waals surface area contributed by atoms with Crippen molar-refractivity contribution < 1.29 is 4.79 Å². The molecule has 0 radical (unpaired) electrons. The number of rotatable bonds is 3. The summed E-state index contributed by atoms with van der Waals surface area (Å²) in [5.41, 5.74) is 2.59. The first-order chi connectivity index (χ1) is 14.7. The molecule has 1 aliphatic heterocycles. The van der Waals surface area contributed by atoms with Gasteiger partial charge in [-0.2, -0.15) is 0 Å².